The second-order valence-electron chi connectivity index (χ2n) is 2.58. The van der Waals surface area contributed by atoms with Crippen LogP contribution in [-0.4, -0.2) is 11.8 Å². The van der Waals surface area contributed by atoms with E-state index in [0.29, 0.717) is 5.88 Å². The molecule has 0 radical (unpaired) electrons. The van der Waals surface area contributed by atoms with Crippen LogP contribution in [0.2, 0.25) is 0 Å². The normalized spacial score (nSPS) is 9.08. The SMILES string of the molecule is O=C([O-])CCCCCCCCl.[Na+]. The molecule has 0 aromatic rings. The van der Waals surface area contributed by atoms with Gasteiger partial charge in [0.1, 0.15) is 0 Å². The monoisotopic (exact) mass is 200 g/mol. The van der Waals surface area contributed by atoms with Crippen molar-refractivity contribution in [3.05, 3.63) is 0 Å². The number of hydrogen-bond donors (Lipinski definition) is 0. The number of unbranched alkanes of at least 4 members (excludes halogenated alkanes) is 4. The minimum Gasteiger partial charge on any atom is -0.550 e. The summed E-state index contributed by atoms with van der Waals surface area (Å²) in [6.07, 6.45) is 5.14. The van der Waals surface area contributed by atoms with Crippen molar-refractivity contribution in [3.63, 3.8) is 0 Å². The van der Waals surface area contributed by atoms with Gasteiger partial charge >= 0.3 is 29.6 Å². The predicted octanol–water partition coefficient (Wildman–Crippen LogP) is -1.68. The summed E-state index contributed by atoms with van der Waals surface area (Å²) in [5.74, 6) is -0.233. The number of rotatable bonds is 7. The maximum Gasteiger partial charge on any atom is 1.00 e. The Bertz CT molecular complexity index is 109. The standard InChI is InChI=1S/C8H15ClO2.Na/c9-7-5-3-1-2-4-6-8(10)11;/h1-7H2,(H,10,11);/q;+1/p-1. The second-order valence-corrected chi connectivity index (χ2v) is 2.96. The summed E-state index contributed by atoms with van der Waals surface area (Å²) < 4.78 is 0. The fourth-order valence-electron chi connectivity index (χ4n) is 0.894. The van der Waals surface area contributed by atoms with Crippen LogP contribution in [0.25, 0.3) is 0 Å². The first-order valence-corrected chi connectivity index (χ1v) is 4.56. The fraction of sp³-hybridized carbons (Fsp3) is 0.875. The summed E-state index contributed by atoms with van der Waals surface area (Å²) >= 11 is 5.46. The summed E-state index contributed by atoms with van der Waals surface area (Å²) in [7, 11) is 0. The number of hydrogen-bond acceptors (Lipinski definition) is 2. The zero-order valence-electron chi connectivity index (χ0n) is 7.64. The van der Waals surface area contributed by atoms with E-state index in [1.807, 2.05) is 0 Å². The minimum atomic E-state index is -0.942. The molecule has 0 aromatic carbocycles. The Morgan fingerprint density at radius 1 is 1.08 bits per heavy atom. The first-order chi connectivity index (χ1) is 5.27. The quantitative estimate of drug-likeness (QED) is 0.280. The van der Waals surface area contributed by atoms with Gasteiger partial charge in [-0.1, -0.05) is 19.3 Å². The zero-order chi connectivity index (χ0) is 8.53. The van der Waals surface area contributed by atoms with Crippen LogP contribution in [0, 0.1) is 0 Å². The number of halogens is 1. The molecule has 0 saturated carbocycles. The van der Waals surface area contributed by atoms with Gasteiger partial charge in [0.25, 0.3) is 0 Å². The van der Waals surface area contributed by atoms with Crippen molar-refractivity contribution < 1.29 is 39.5 Å². The molecule has 0 aliphatic carbocycles. The molecule has 0 bridgehead atoms. The van der Waals surface area contributed by atoms with Gasteiger partial charge in [-0.25, -0.2) is 0 Å². The van der Waals surface area contributed by atoms with E-state index in [4.69, 9.17) is 11.6 Å². The van der Waals surface area contributed by atoms with Crippen LogP contribution in [0.15, 0.2) is 0 Å². The Morgan fingerprint density at radius 2 is 1.58 bits per heavy atom. The fourth-order valence-corrected chi connectivity index (χ4v) is 1.08. The molecule has 0 fully saturated rings. The van der Waals surface area contributed by atoms with Crippen molar-refractivity contribution in [2.24, 2.45) is 0 Å². The summed E-state index contributed by atoms with van der Waals surface area (Å²) in [5, 5.41) is 9.96. The first-order valence-electron chi connectivity index (χ1n) is 4.03. The Hall–Kier alpha value is 0.760. The van der Waals surface area contributed by atoms with E-state index in [2.05, 4.69) is 0 Å². The van der Waals surface area contributed by atoms with E-state index in [0.717, 1.165) is 32.1 Å². The van der Waals surface area contributed by atoms with Crippen LogP contribution in [0.4, 0.5) is 0 Å². The van der Waals surface area contributed by atoms with Crippen LogP contribution in [0.5, 0.6) is 0 Å². The van der Waals surface area contributed by atoms with Gasteiger partial charge in [0.2, 0.25) is 0 Å². The van der Waals surface area contributed by atoms with Crippen LogP contribution in [-0.2, 0) is 4.79 Å². The molecule has 66 valence electrons. The Labute approximate surface area is 101 Å². The number of aliphatic carboxylic acids is 1. The van der Waals surface area contributed by atoms with E-state index >= 15 is 0 Å². The number of carboxylic acids is 1. The smallest absolute Gasteiger partial charge is 0.550 e. The third-order valence-corrected chi connectivity index (χ3v) is 1.78. The van der Waals surface area contributed by atoms with Gasteiger partial charge in [-0.2, -0.15) is 0 Å². The molecule has 0 heterocycles. The molecular formula is C8H14ClNaO2. The summed E-state index contributed by atoms with van der Waals surface area (Å²) in [6.45, 7) is 0. The molecule has 2 nitrogen and oxygen atoms in total. The van der Waals surface area contributed by atoms with Crippen molar-refractivity contribution in [2.75, 3.05) is 5.88 Å². The number of carbonyl (C=O) groups excluding carboxylic acids is 1. The topological polar surface area (TPSA) is 40.1 Å². The maximum atomic E-state index is 9.96. The van der Waals surface area contributed by atoms with Crippen molar-refractivity contribution in [3.8, 4) is 0 Å². The van der Waals surface area contributed by atoms with Crippen LogP contribution in [0.1, 0.15) is 38.5 Å². The molecule has 0 aromatic heterocycles. The van der Waals surface area contributed by atoms with E-state index in [1.54, 1.807) is 0 Å². The van der Waals surface area contributed by atoms with Gasteiger partial charge in [0.15, 0.2) is 0 Å². The molecule has 0 N–H and O–H groups in total. The largest absolute Gasteiger partial charge is 1.00 e. The molecule has 0 rings (SSSR count). The van der Waals surface area contributed by atoms with E-state index in [1.165, 1.54) is 0 Å². The van der Waals surface area contributed by atoms with E-state index in [-0.39, 0.29) is 36.0 Å². The van der Waals surface area contributed by atoms with Gasteiger partial charge in [-0.05, 0) is 19.3 Å². The molecular weight excluding hydrogens is 187 g/mol. The third-order valence-electron chi connectivity index (χ3n) is 1.51. The molecule has 0 aliphatic rings. The van der Waals surface area contributed by atoms with Crippen LogP contribution < -0.4 is 34.7 Å². The molecule has 0 atom stereocenters. The van der Waals surface area contributed by atoms with E-state index in [9.17, 15) is 9.90 Å². The third kappa shape index (κ3) is 13.4. The first kappa shape index (κ1) is 15.2. The number of carbonyl (C=O) groups is 1. The maximum absolute atomic E-state index is 9.96. The Balaban J connectivity index is 0. The number of alkyl halides is 1. The molecule has 12 heavy (non-hydrogen) atoms. The van der Waals surface area contributed by atoms with Gasteiger partial charge in [0.05, 0.1) is 0 Å². The Morgan fingerprint density at radius 3 is 2.08 bits per heavy atom. The van der Waals surface area contributed by atoms with Crippen LogP contribution in [0.3, 0.4) is 0 Å². The van der Waals surface area contributed by atoms with Crippen LogP contribution >= 0.6 is 11.6 Å². The average molecular weight is 201 g/mol. The second kappa shape index (κ2) is 11.8. The van der Waals surface area contributed by atoms with Gasteiger partial charge < -0.3 is 9.90 Å². The average Bonchev–Trinajstić information content (AvgIpc) is 1.96. The zero-order valence-corrected chi connectivity index (χ0v) is 10.4. The number of carboxylic acid groups (broad SMARTS) is 1. The molecule has 4 heteroatoms. The van der Waals surface area contributed by atoms with Gasteiger partial charge in [-0.15, -0.1) is 11.6 Å². The summed E-state index contributed by atoms with van der Waals surface area (Å²) in [6, 6.07) is 0. The van der Waals surface area contributed by atoms with Crippen molar-refractivity contribution in [1.29, 1.82) is 0 Å². The van der Waals surface area contributed by atoms with Crippen molar-refractivity contribution in [2.45, 2.75) is 38.5 Å². The molecule has 0 aliphatic heterocycles. The van der Waals surface area contributed by atoms with Crippen molar-refractivity contribution >= 4 is 17.6 Å². The molecule has 0 amide bonds. The van der Waals surface area contributed by atoms with Crippen molar-refractivity contribution in [1.82, 2.24) is 0 Å². The molecule has 0 saturated heterocycles. The Kier molecular flexibility index (Phi) is 14.9. The predicted molar refractivity (Wildman–Crippen MR) is 43.4 cm³/mol. The van der Waals surface area contributed by atoms with E-state index < -0.39 is 5.97 Å². The van der Waals surface area contributed by atoms with Gasteiger partial charge in [-0.3, -0.25) is 0 Å². The molecule has 0 unspecified atom stereocenters. The van der Waals surface area contributed by atoms with Gasteiger partial charge in [0, 0.05) is 11.8 Å². The summed E-state index contributed by atoms with van der Waals surface area (Å²) in [5.41, 5.74) is 0. The minimum absolute atomic E-state index is 0. The molecule has 0 spiro atoms. The summed E-state index contributed by atoms with van der Waals surface area (Å²) in [4.78, 5) is 9.96.